The molecular weight excluding hydrogens is 170 g/mol. The van der Waals surface area contributed by atoms with E-state index in [9.17, 15) is 9.90 Å². The molecule has 1 rings (SSSR count). The fraction of sp³-hybridized carbons (Fsp3) is 0.500. The van der Waals surface area contributed by atoms with Crippen molar-refractivity contribution in [2.75, 3.05) is 4.90 Å². The first-order chi connectivity index (χ1) is 5.93. The Morgan fingerprint density at radius 3 is 2.54 bits per heavy atom. The zero-order valence-electron chi connectivity index (χ0n) is 7.87. The van der Waals surface area contributed by atoms with Crippen molar-refractivity contribution in [1.29, 1.82) is 0 Å². The summed E-state index contributed by atoms with van der Waals surface area (Å²) in [5, 5.41) is 17.1. The van der Waals surface area contributed by atoms with Crippen LogP contribution in [0.3, 0.4) is 0 Å². The second-order valence-electron chi connectivity index (χ2n) is 3.73. The topological polar surface area (TPSA) is 72.1 Å². The van der Waals surface area contributed by atoms with Gasteiger partial charge in [-0.1, -0.05) is 0 Å². The number of anilines is 1. The number of hydrogen-bond donors (Lipinski definition) is 1. The van der Waals surface area contributed by atoms with Crippen molar-refractivity contribution >= 4 is 11.8 Å². The molecule has 0 spiro atoms. The highest BCUT2D eigenvalue weighted by atomic mass is 16.4. The van der Waals surface area contributed by atoms with Crippen LogP contribution >= 0.6 is 0 Å². The van der Waals surface area contributed by atoms with Gasteiger partial charge in [-0.3, -0.25) is 5.10 Å². The van der Waals surface area contributed by atoms with Crippen molar-refractivity contribution in [1.82, 2.24) is 10.2 Å². The second kappa shape index (κ2) is 3.08. The summed E-state index contributed by atoms with van der Waals surface area (Å²) >= 11 is 0. The van der Waals surface area contributed by atoms with Gasteiger partial charge in [0.15, 0.2) is 0 Å². The van der Waals surface area contributed by atoms with Gasteiger partial charge in [-0.05, 0) is 20.8 Å². The number of amides is 1. The minimum atomic E-state index is -1.23. The molecule has 0 bridgehead atoms. The number of hydrogen-bond acceptors (Lipinski definition) is 3. The highest BCUT2D eigenvalue weighted by Gasteiger charge is 2.23. The summed E-state index contributed by atoms with van der Waals surface area (Å²) in [4.78, 5) is 12.0. The molecule has 72 valence electrons. The molecule has 13 heavy (non-hydrogen) atoms. The Labute approximate surface area is 76.4 Å². The van der Waals surface area contributed by atoms with Crippen LogP contribution in [0.2, 0.25) is 0 Å². The van der Waals surface area contributed by atoms with Crippen molar-refractivity contribution in [2.24, 2.45) is 0 Å². The van der Waals surface area contributed by atoms with Crippen LogP contribution in [0.25, 0.3) is 0 Å². The number of carboxylic acid groups (broad SMARTS) is 1. The summed E-state index contributed by atoms with van der Waals surface area (Å²) in [6, 6.07) is 0. The van der Waals surface area contributed by atoms with E-state index in [1.165, 1.54) is 12.4 Å². The maximum Gasteiger partial charge on any atom is 0.142 e. The Bertz CT molecular complexity index is 287. The maximum atomic E-state index is 10.8. The monoisotopic (exact) mass is 182 g/mol. The lowest BCUT2D eigenvalue weighted by Gasteiger charge is -2.36. The van der Waals surface area contributed by atoms with E-state index < -0.39 is 11.6 Å². The predicted molar refractivity (Wildman–Crippen MR) is 46.2 cm³/mol. The van der Waals surface area contributed by atoms with E-state index in [2.05, 4.69) is 10.2 Å². The highest BCUT2D eigenvalue weighted by Crippen LogP contribution is 2.21. The van der Waals surface area contributed by atoms with E-state index in [1.807, 2.05) is 0 Å². The number of carbonyl (C=O) groups excluding carboxylic acids is 1. The summed E-state index contributed by atoms with van der Waals surface area (Å²) < 4.78 is 0. The van der Waals surface area contributed by atoms with Crippen LogP contribution in [0, 0.1) is 0 Å². The van der Waals surface area contributed by atoms with E-state index in [1.54, 1.807) is 20.8 Å². The summed E-state index contributed by atoms with van der Waals surface area (Å²) in [5.74, 6) is 0. The van der Waals surface area contributed by atoms with Crippen molar-refractivity contribution in [3.63, 3.8) is 0 Å². The van der Waals surface area contributed by atoms with Gasteiger partial charge >= 0.3 is 0 Å². The van der Waals surface area contributed by atoms with E-state index in [0.717, 1.165) is 4.90 Å². The SMILES string of the molecule is CC(C)(C)N(C(=O)[O-])c1cn[nH]c1. The number of aromatic amines is 1. The molecule has 1 N–H and O–H groups in total. The number of rotatable bonds is 1. The lowest BCUT2D eigenvalue weighted by molar-refractivity contribution is -0.247. The average Bonchev–Trinajstić information content (AvgIpc) is 2.34. The van der Waals surface area contributed by atoms with Gasteiger partial charge < -0.3 is 14.8 Å². The number of aromatic nitrogens is 2. The maximum absolute atomic E-state index is 10.8. The Kier molecular flexibility index (Phi) is 2.27. The van der Waals surface area contributed by atoms with Crippen molar-refractivity contribution in [3.05, 3.63) is 12.4 Å². The number of nitrogens with one attached hydrogen (secondary N) is 1. The first-order valence-corrected chi connectivity index (χ1v) is 3.93. The number of nitrogens with zero attached hydrogens (tertiary/aromatic N) is 2. The molecule has 0 aromatic carbocycles. The van der Waals surface area contributed by atoms with Gasteiger partial charge in [0, 0.05) is 11.7 Å². The standard InChI is InChI=1S/C8H13N3O2/c1-8(2,3)11(7(12)13)6-4-9-10-5-6/h4-5H,1-3H3,(H,9,10)(H,12,13)/p-1. The van der Waals surface area contributed by atoms with Crippen molar-refractivity contribution in [3.8, 4) is 0 Å². The van der Waals surface area contributed by atoms with Crippen molar-refractivity contribution in [2.45, 2.75) is 26.3 Å². The minimum Gasteiger partial charge on any atom is -0.530 e. The molecular formula is C8H12N3O2-. The Balaban J connectivity index is 3.01. The van der Waals surface area contributed by atoms with Gasteiger partial charge in [0.2, 0.25) is 0 Å². The third kappa shape index (κ3) is 1.99. The molecule has 1 aromatic heterocycles. The lowest BCUT2D eigenvalue weighted by Crippen LogP contribution is -2.51. The minimum absolute atomic E-state index is 0.493. The zero-order valence-corrected chi connectivity index (χ0v) is 7.87. The average molecular weight is 182 g/mol. The van der Waals surface area contributed by atoms with Gasteiger partial charge in [0.25, 0.3) is 0 Å². The quantitative estimate of drug-likeness (QED) is 0.681. The van der Waals surface area contributed by atoms with Crippen LogP contribution in [0.1, 0.15) is 20.8 Å². The Morgan fingerprint density at radius 1 is 1.62 bits per heavy atom. The molecule has 0 unspecified atom stereocenters. The van der Waals surface area contributed by atoms with Gasteiger partial charge in [0.05, 0.1) is 11.9 Å². The molecule has 0 saturated heterocycles. The predicted octanol–water partition coefficient (Wildman–Crippen LogP) is 0.358. The van der Waals surface area contributed by atoms with Gasteiger partial charge in [-0.15, -0.1) is 0 Å². The van der Waals surface area contributed by atoms with Crippen LogP contribution in [0.4, 0.5) is 10.5 Å². The third-order valence-corrected chi connectivity index (χ3v) is 1.60. The molecule has 5 nitrogen and oxygen atoms in total. The largest absolute Gasteiger partial charge is 0.530 e. The first-order valence-electron chi connectivity index (χ1n) is 3.93. The fourth-order valence-electron chi connectivity index (χ4n) is 1.13. The Hall–Kier alpha value is -1.52. The molecule has 1 heterocycles. The summed E-state index contributed by atoms with van der Waals surface area (Å²) in [5.41, 5.74) is -0.0320. The van der Waals surface area contributed by atoms with Gasteiger partial charge in [-0.2, -0.15) is 5.10 Å². The fourth-order valence-corrected chi connectivity index (χ4v) is 1.13. The van der Waals surface area contributed by atoms with E-state index in [-0.39, 0.29) is 0 Å². The van der Waals surface area contributed by atoms with E-state index in [4.69, 9.17) is 0 Å². The summed E-state index contributed by atoms with van der Waals surface area (Å²) in [7, 11) is 0. The molecule has 0 atom stereocenters. The number of H-pyrrole nitrogens is 1. The van der Waals surface area contributed by atoms with Crippen LogP contribution in [-0.2, 0) is 0 Å². The highest BCUT2D eigenvalue weighted by molar-refractivity contribution is 5.85. The third-order valence-electron chi connectivity index (χ3n) is 1.60. The smallest absolute Gasteiger partial charge is 0.142 e. The molecule has 0 saturated carbocycles. The molecule has 0 fully saturated rings. The van der Waals surface area contributed by atoms with Crippen LogP contribution in [-0.4, -0.2) is 21.8 Å². The molecule has 5 heteroatoms. The van der Waals surface area contributed by atoms with Crippen LogP contribution in [0.5, 0.6) is 0 Å². The van der Waals surface area contributed by atoms with Gasteiger partial charge in [0.1, 0.15) is 6.09 Å². The molecule has 0 aliphatic carbocycles. The normalized spacial score (nSPS) is 11.3. The summed E-state index contributed by atoms with van der Waals surface area (Å²) in [6.45, 7) is 5.36. The molecule has 1 aromatic rings. The Morgan fingerprint density at radius 2 is 2.23 bits per heavy atom. The summed E-state index contributed by atoms with van der Waals surface area (Å²) in [6.07, 6.45) is 1.73. The second-order valence-corrected chi connectivity index (χ2v) is 3.73. The van der Waals surface area contributed by atoms with Gasteiger partial charge in [-0.25, -0.2) is 0 Å². The van der Waals surface area contributed by atoms with Crippen molar-refractivity contribution < 1.29 is 9.90 Å². The molecule has 1 amide bonds. The molecule has 0 radical (unpaired) electrons. The zero-order chi connectivity index (χ0) is 10.1. The first kappa shape index (κ1) is 9.57. The molecule has 0 aliphatic heterocycles. The van der Waals surface area contributed by atoms with Crippen LogP contribution in [0.15, 0.2) is 12.4 Å². The molecule has 0 aliphatic rings. The number of carbonyl (C=O) groups is 1. The lowest BCUT2D eigenvalue weighted by atomic mass is 10.1. The van der Waals surface area contributed by atoms with E-state index in [0.29, 0.717) is 5.69 Å². The van der Waals surface area contributed by atoms with Crippen LogP contribution < -0.4 is 10.0 Å². The van der Waals surface area contributed by atoms with E-state index >= 15 is 0 Å².